The summed E-state index contributed by atoms with van der Waals surface area (Å²) in [5.41, 5.74) is 2.40. The molecule has 0 bridgehead atoms. The van der Waals surface area contributed by atoms with Crippen LogP contribution in [0, 0.1) is 17.2 Å². The fourth-order valence-electron chi connectivity index (χ4n) is 3.90. The molecule has 0 aromatic carbocycles. The molecule has 142 valence electrons. The second kappa shape index (κ2) is 8.78. The van der Waals surface area contributed by atoms with Crippen molar-refractivity contribution >= 4 is 11.0 Å². The van der Waals surface area contributed by atoms with Gasteiger partial charge in [-0.25, -0.2) is 9.97 Å². The Morgan fingerprint density at radius 1 is 1.30 bits per heavy atom. The molecule has 1 saturated carbocycles. The van der Waals surface area contributed by atoms with Crippen molar-refractivity contribution in [2.75, 3.05) is 0 Å². The van der Waals surface area contributed by atoms with Gasteiger partial charge in [0, 0.05) is 23.3 Å². The predicted molar refractivity (Wildman–Crippen MR) is 104 cm³/mol. The Hall–Kier alpha value is -2.72. The number of fused-ring (bicyclic) bond motifs is 1. The molecule has 0 aliphatic heterocycles. The molecule has 3 aromatic heterocycles. The number of hydrogen-bond donors (Lipinski definition) is 1. The minimum atomic E-state index is -0.120. The first-order valence-corrected chi connectivity index (χ1v) is 9.64. The van der Waals surface area contributed by atoms with Crippen LogP contribution in [0.5, 0.6) is 0 Å². The molecular weight excluding hydrogens is 340 g/mol. The van der Waals surface area contributed by atoms with Crippen LogP contribution < -0.4 is 0 Å². The number of rotatable bonds is 5. The van der Waals surface area contributed by atoms with E-state index in [1.54, 1.807) is 17.0 Å². The van der Waals surface area contributed by atoms with E-state index in [4.69, 9.17) is 0 Å². The van der Waals surface area contributed by atoms with E-state index in [-0.39, 0.29) is 12.8 Å². The number of aliphatic hydroxyl groups excluding tert-OH is 1. The molecule has 1 fully saturated rings. The number of aromatic nitrogens is 5. The molecule has 1 N–H and O–H groups in total. The van der Waals surface area contributed by atoms with Gasteiger partial charge in [0.2, 0.25) is 0 Å². The summed E-state index contributed by atoms with van der Waals surface area (Å²) >= 11 is 0. The van der Waals surface area contributed by atoms with E-state index in [1.165, 1.54) is 32.0 Å². The molecule has 0 saturated heterocycles. The monoisotopic (exact) mass is 366 g/mol. The van der Waals surface area contributed by atoms with Crippen LogP contribution >= 0.6 is 0 Å². The Labute approximate surface area is 159 Å². The van der Waals surface area contributed by atoms with Crippen molar-refractivity contribution in [1.82, 2.24) is 24.3 Å². The molecule has 0 spiro atoms. The lowest BCUT2D eigenvalue weighted by Gasteiger charge is -2.21. The number of nitrogens with zero attached hydrogens (tertiary/aromatic N) is 6. The summed E-state index contributed by atoms with van der Waals surface area (Å²) in [4.78, 5) is 8.67. The van der Waals surface area contributed by atoms with Gasteiger partial charge in [-0.1, -0.05) is 26.7 Å². The Bertz CT molecular complexity index is 916. The number of hydrogen-bond acceptors (Lipinski definition) is 5. The van der Waals surface area contributed by atoms with Gasteiger partial charge in [-0.15, -0.1) is 0 Å². The van der Waals surface area contributed by atoms with Crippen LogP contribution in [0.3, 0.4) is 0 Å². The zero-order valence-corrected chi connectivity index (χ0v) is 15.9. The topological polar surface area (TPSA) is 92.5 Å². The first-order chi connectivity index (χ1) is 13.3. The first kappa shape index (κ1) is 19.1. The fraction of sp³-hybridized carbons (Fsp3) is 0.500. The predicted octanol–water partition coefficient (Wildman–Crippen LogP) is 3.92. The molecule has 3 heterocycles. The molecule has 3 aromatic rings. The van der Waals surface area contributed by atoms with E-state index in [0.717, 1.165) is 16.6 Å². The second-order valence-corrected chi connectivity index (χ2v) is 6.57. The lowest BCUT2D eigenvalue weighted by atomic mass is 9.96. The van der Waals surface area contributed by atoms with Crippen LogP contribution in [0.2, 0.25) is 0 Å². The van der Waals surface area contributed by atoms with Crippen molar-refractivity contribution in [2.45, 2.75) is 58.7 Å². The van der Waals surface area contributed by atoms with Crippen molar-refractivity contribution < 1.29 is 5.11 Å². The van der Waals surface area contributed by atoms with Crippen molar-refractivity contribution in [2.24, 2.45) is 5.92 Å². The van der Waals surface area contributed by atoms with Crippen molar-refractivity contribution in [3.8, 4) is 17.3 Å². The normalized spacial score (nSPS) is 15.3. The minimum absolute atomic E-state index is 0.120. The number of aliphatic hydroxyl groups is 1. The van der Waals surface area contributed by atoms with Crippen LogP contribution in [0.4, 0.5) is 0 Å². The molecule has 27 heavy (non-hydrogen) atoms. The maximum atomic E-state index is 9.40. The van der Waals surface area contributed by atoms with Gasteiger partial charge in [0.25, 0.3) is 0 Å². The van der Waals surface area contributed by atoms with Crippen molar-refractivity contribution in [1.29, 1.82) is 5.26 Å². The van der Waals surface area contributed by atoms with E-state index in [9.17, 15) is 10.4 Å². The van der Waals surface area contributed by atoms with E-state index >= 15 is 0 Å². The largest absolute Gasteiger partial charge is 0.376 e. The molecule has 1 unspecified atom stereocenters. The highest BCUT2D eigenvalue weighted by Crippen LogP contribution is 2.36. The third kappa shape index (κ3) is 3.71. The van der Waals surface area contributed by atoms with Crippen LogP contribution in [0.15, 0.2) is 31.0 Å². The van der Waals surface area contributed by atoms with E-state index in [2.05, 4.69) is 21.1 Å². The van der Waals surface area contributed by atoms with Crippen LogP contribution in [0.1, 0.15) is 52.0 Å². The Kier molecular flexibility index (Phi) is 6.20. The quantitative estimate of drug-likeness (QED) is 0.739. The molecule has 0 amide bonds. The highest BCUT2D eigenvalue weighted by molar-refractivity contribution is 5.90. The Morgan fingerprint density at radius 3 is 2.78 bits per heavy atom. The standard InChI is InChI=1S/C18H20N6O.C2H6/c19-7-5-16(13-3-1-2-4-13)24-10-14(9-22-24)17-15-6-8-23(12-25)18(15)21-11-20-17;1-2/h6,8-11,13,16,25H,1-5,12H2;1-2H3. The van der Waals surface area contributed by atoms with Gasteiger partial charge in [-0.3, -0.25) is 4.68 Å². The summed E-state index contributed by atoms with van der Waals surface area (Å²) < 4.78 is 3.60. The second-order valence-electron chi connectivity index (χ2n) is 6.57. The van der Waals surface area contributed by atoms with Gasteiger partial charge in [0.15, 0.2) is 0 Å². The van der Waals surface area contributed by atoms with Crippen LogP contribution in [-0.4, -0.2) is 29.4 Å². The molecule has 1 aliphatic carbocycles. The lowest BCUT2D eigenvalue weighted by Crippen LogP contribution is -2.17. The highest BCUT2D eigenvalue weighted by atomic mass is 16.3. The third-order valence-electron chi connectivity index (χ3n) is 5.17. The maximum absolute atomic E-state index is 9.40. The molecular formula is C20H26N6O. The lowest BCUT2D eigenvalue weighted by molar-refractivity contribution is 0.215. The Balaban J connectivity index is 0.00000102. The number of nitriles is 1. The highest BCUT2D eigenvalue weighted by Gasteiger charge is 2.27. The molecule has 1 aliphatic rings. The van der Waals surface area contributed by atoms with Gasteiger partial charge in [-0.05, 0) is 24.8 Å². The summed E-state index contributed by atoms with van der Waals surface area (Å²) in [6, 6.07) is 4.35. The third-order valence-corrected chi connectivity index (χ3v) is 5.17. The zero-order chi connectivity index (χ0) is 19.2. The average Bonchev–Trinajstić information content (AvgIpc) is 3.48. The zero-order valence-electron chi connectivity index (χ0n) is 15.9. The first-order valence-electron chi connectivity index (χ1n) is 9.64. The fourth-order valence-corrected chi connectivity index (χ4v) is 3.90. The summed E-state index contributed by atoms with van der Waals surface area (Å²) in [7, 11) is 0. The summed E-state index contributed by atoms with van der Waals surface area (Å²) in [6.45, 7) is 3.88. The van der Waals surface area contributed by atoms with Gasteiger partial charge >= 0.3 is 0 Å². The SMILES string of the molecule is CC.N#CCC(C1CCCC1)n1cc(-c2ncnc3c2ccn3CO)cn1. The van der Waals surface area contributed by atoms with Crippen LogP contribution in [-0.2, 0) is 6.73 Å². The summed E-state index contributed by atoms with van der Waals surface area (Å²) in [5, 5.41) is 24.0. The van der Waals surface area contributed by atoms with E-state index < -0.39 is 0 Å². The van der Waals surface area contributed by atoms with Crippen LogP contribution in [0.25, 0.3) is 22.3 Å². The molecule has 7 nitrogen and oxygen atoms in total. The summed E-state index contributed by atoms with van der Waals surface area (Å²) in [5.74, 6) is 0.522. The summed E-state index contributed by atoms with van der Waals surface area (Å²) in [6.07, 6.45) is 12.4. The van der Waals surface area contributed by atoms with Crippen molar-refractivity contribution in [3.63, 3.8) is 0 Å². The molecule has 0 radical (unpaired) electrons. The van der Waals surface area contributed by atoms with Gasteiger partial charge in [-0.2, -0.15) is 10.4 Å². The van der Waals surface area contributed by atoms with Gasteiger partial charge in [0.1, 0.15) is 18.7 Å². The molecule has 7 heteroatoms. The molecule has 4 rings (SSSR count). The maximum Gasteiger partial charge on any atom is 0.145 e. The minimum Gasteiger partial charge on any atom is -0.376 e. The van der Waals surface area contributed by atoms with E-state index in [1.807, 2.05) is 30.8 Å². The Morgan fingerprint density at radius 2 is 2.07 bits per heavy atom. The smallest absolute Gasteiger partial charge is 0.145 e. The molecule has 1 atom stereocenters. The van der Waals surface area contributed by atoms with Gasteiger partial charge in [0.05, 0.1) is 30.4 Å². The average molecular weight is 366 g/mol. The van der Waals surface area contributed by atoms with E-state index in [0.29, 0.717) is 18.0 Å². The van der Waals surface area contributed by atoms with Gasteiger partial charge < -0.3 is 9.67 Å². The van der Waals surface area contributed by atoms with Crippen molar-refractivity contribution in [3.05, 3.63) is 31.0 Å².